The van der Waals surface area contributed by atoms with E-state index in [4.69, 9.17) is 0 Å². The lowest BCUT2D eigenvalue weighted by molar-refractivity contribution is 0.253. The average Bonchev–Trinajstić information content (AvgIpc) is 2.85. The van der Waals surface area contributed by atoms with E-state index in [1.807, 2.05) is 6.92 Å². The first kappa shape index (κ1) is 12.0. The van der Waals surface area contributed by atoms with Gasteiger partial charge in [0, 0.05) is 12.6 Å². The molecular weight excluding hydrogens is 249 g/mol. The van der Waals surface area contributed by atoms with Gasteiger partial charge < -0.3 is 0 Å². The molecule has 3 nitrogen and oxygen atoms in total. The molecule has 5 heteroatoms. The average molecular weight is 265 g/mol. The zero-order valence-corrected chi connectivity index (χ0v) is 11.4. The zero-order chi connectivity index (χ0) is 12.7. The topological polar surface area (TPSA) is 29.0 Å². The molecule has 2 aromatic heterocycles. The second-order valence-electron chi connectivity index (χ2n) is 4.93. The van der Waals surface area contributed by atoms with Crippen LogP contribution in [0.2, 0.25) is 0 Å². The van der Waals surface area contributed by atoms with E-state index in [0.717, 1.165) is 16.3 Å². The summed E-state index contributed by atoms with van der Waals surface area (Å²) in [6, 6.07) is 2.10. The third kappa shape index (κ3) is 2.12. The van der Waals surface area contributed by atoms with Crippen molar-refractivity contribution in [3.8, 4) is 0 Å². The van der Waals surface area contributed by atoms with Gasteiger partial charge in [0.15, 0.2) is 5.65 Å². The van der Waals surface area contributed by atoms with Crippen LogP contribution in [0.5, 0.6) is 0 Å². The maximum absolute atomic E-state index is 14.0. The Hall–Kier alpha value is -1.07. The Morgan fingerprint density at radius 3 is 3.06 bits per heavy atom. The molecule has 2 aromatic rings. The summed E-state index contributed by atoms with van der Waals surface area (Å²) in [4.78, 5) is 11.0. The van der Waals surface area contributed by atoms with Gasteiger partial charge in [-0.15, -0.1) is 11.3 Å². The molecule has 3 heterocycles. The number of thiazole rings is 1. The molecule has 96 valence electrons. The highest BCUT2D eigenvalue weighted by Crippen LogP contribution is 2.24. The van der Waals surface area contributed by atoms with E-state index in [1.165, 1.54) is 24.2 Å². The van der Waals surface area contributed by atoms with Gasteiger partial charge in [0.25, 0.3) is 0 Å². The summed E-state index contributed by atoms with van der Waals surface area (Å²) in [6.07, 6.45) is 2.39. The van der Waals surface area contributed by atoms with Gasteiger partial charge in [-0.05, 0) is 39.3 Å². The number of nitrogens with zero attached hydrogens (tertiary/aromatic N) is 3. The van der Waals surface area contributed by atoms with Gasteiger partial charge in [0.1, 0.15) is 5.82 Å². The summed E-state index contributed by atoms with van der Waals surface area (Å²) in [5.41, 5.74) is 1.21. The summed E-state index contributed by atoms with van der Waals surface area (Å²) in [5, 5.41) is 0.934. The van der Waals surface area contributed by atoms with E-state index in [-0.39, 0.29) is 5.82 Å². The third-order valence-corrected chi connectivity index (χ3v) is 4.47. The molecule has 1 atom stereocenters. The number of aryl methyl sites for hydroxylation is 1. The Kier molecular flexibility index (Phi) is 3.03. The molecule has 0 N–H and O–H groups in total. The first-order valence-corrected chi connectivity index (χ1v) is 7.12. The molecule has 1 fully saturated rings. The van der Waals surface area contributed by atoms with Gasteiger partial charge in [-0.3, -0.25) is 4.90 Å². The highest BCUT2D eigenvalue weighted by atomic mass is 32.1. The van der Waals surface area contributed by atoms with Crippen molar-refractivity contribution in [1.82, 2.24) is 14.9 Å². The maximum atomic E-state index is 14.0. The molecule has 0 aliphatic carbocycles. The van der Waals surface area contributed by atoms with Crippen LogP contribution >= 0.6 is 11.3 Å². The van der Waals surface area contributed by atoms with Gasteiger partial charge in [-0.1, -0.05) is 0 Å². The number of rotatable bonds is 2. The molecule has 0 spiro atoms. The molecular formula is C13H16FN3S. The van der Waals surface area contributed by atoms with Crippen molar-refractivity contribution in [1.29, 1.82) is 0 Å². The zero-order valence-electron chi connectivity index (χ0n) is 10.6. The molecule has 0 saturated carbocycles. The van der Waals surface area contributed by atoms with Crippen molar-refractivity contribution in [2.45, 2.75) is 39.3 Å². The van der Waals surface area contributed by atoms with Gasteiger partial charge in [-0.2, -0.15) is 0 Å². The minimum atomic E-state index is -0.203. The fourth-order valence-electron chi connectivity index (χ4n) is 2.52. The van der Waals surface area contributed by atoms with Gasteiger partial charge in [-0.25, -0.2) is 14.4 Å². The van der Waals surface area contributed by atoms with Crippen molar-refractivity contribution >= 4 is 21.7 Å². The maximum Gasteiger partial charge on any atom is 0.171 e. The number of hydrogen-bond donors (Lipinski definition) is 0. The van der Waals surface area contributed by atoms with Crippen molar-refractivity contribution in [2.75, 3.05) is 6.54 Å². The van der Waals surface area contributed by atoms with Gasteiger partial charge >= 0.3 is 0 Å². The van der Waals surface area contributed by atoms with E-state index < -0.39 is 0 Å². The van der Waals surface area contributed by atoms with Crippen LogP contribution in [0.3, 0.4) is 0 Å². The first-order chi connectivity index (χ1) is 8.63. The van der Waals surface area contributed by atoms with Crippen molar-refractivity contribution in [3.63, 3.8) is 0 Å². The SMILES string of the molecule is Cc1nc2nc(CN3CCC[C@@H]3C)c(F)cc2s1. The van der Waals surface area contributed by atoms with Crippen LogP contribution in [0.15, 0.2) is 6.07 Å². The fourth-order valence-corrected chi connectivity index (χ4v) is 3.31. The minimum absolute atomic E-state index is 0.203. The largest absolute Gasteiger partial charge is 0.295 e. The Morgan fingerprint density at radius 1 is 1.50 bits per heavy atom. The lowest BCUT2D eigenvalue weighted by Crippen LogP contribution is -2.27. The Bertz CT molecular complexity index is 581. The minimum Gasteiger partial charge on any atom is -0.295 e. The highest BCUT2D eigenvalue weighted by molar-refractivity contribution is 7.18. The molecule has 0 bridgehead atoms. The fraction of sp³-hybridized carbons (Fsp3) is 0.538. The molecule has 1 saturated heterocycles. The Morgan fingerprint density at radius 2 is 2.33 bits per heavy atom. The standard InChI is InChI=1S/C13H16FN3S/c1-8-4-3-5-17(8)7-11-10(14)6-12-13(16-11)15-9(2)18-12/h6,8H,3-5,7H2,1-2H3/t8-/m0/s1. The number of halogens is 1. The second-order valence-corrected chi connectivity index (χ2v) is 6.17. The molecule has 1 aliphatic heterocycles. The highest BCUT2D eigenvalue weighted by Gasteiger charge is 2.22. The normalized spacial score (nSPS) is 20.9. The summed E-state index contributed by atoms with van der Waals surface area (Å²) in [6.45, 7) is 5.75. The third-order valence-electron chi connectivity index (χ3n) is 3.56. The number of fused-ring (bicyclic) bond motifs is 1. The smallest absolute Gasteiger partial charge is 0.171 e. The summed E-state index contributed by atoms with van der Waals surface area (Å²) >= 11 is 1.49. The quantitative estimate of drug-likeness (QED) is 0.835. The molecule has 0 amide bonds. The van der Waals surface area contributed by atoms with Crippen LogP contribution in [0.4, 0.5) is 4.39 Å². The first-order valence-electron chi connectivity index (χ1n) is 6.30. The molecule has 0 unspecified atom stereocenters. The van der Waals surface area contributed by atoms with Crippen LogP contribution in [0, 0.1) is 12.7 Å². The lowest BCUT2D eigenvalue weighted by atomic mass is 10.2. The summed E-state index contributed by atoms with van der Waals surface area (Å²) in [5.74, 6) is -0.203. The molecule has 0 radical (unpaired) electrons. The van der Waals surface area contributed by atoms with E-state index in [1.54, 1.807) is 6.07 Å². The van der Waals surface area contributed by atoms with Crippen LogP contribution in [0.25, 0.3) is 10.3 Å². The number of hydrogen-bond acceptors (Lipinski definition) is 4. The Balaban J connectivity index is 1.93. The molecule has 3 rings (SSSR count). The van der Waals surface area contributed by atoms with E-state index in [2.05, 4.69) is 21.8 Å². The monoisotopic (exact) mass is 265 g/mol. The molecule has 0 aromatic carbocycles. The molecule has 1 aliphatic rings. The van der Waals surface area contributed by atoms with Gasteiger partial charge in [0.2, 0.25) is 0 Å². The van der Waals surface area contributed by atoms with E-state index >= 15 is 0 Å². The predicted molar refractivity (Wildman–Crippen MR) is 71.2 cm³/mol. The van der Waals surface area contributed by atoms with Gasteiger partial charge in [0.05, 0.1) is 15.4 Å². The van der Waals surface area contributed by atoms with Crippen LogP contribution in [0.1, 0.15) is 30.5 Å². The summed E-state index contributed by atoms with van der Waals surface area (Å²) < 4.78 is 14.8. The van der Waals surface area contributed by atoms with E-state index in [0.29, 0.717) is 23.9 Å². The number of aromatic nitrogens is 2. The van der Waals surface area contributed by atoms with E-state index in [9.17, 15) is 4.39 Å². The summed E-state index contributed by atoms with van der Waals surface area (Å²) in [7, 11) is 0. The van der Waals surface area contributed by atoms with Crippen molar-refractivity contribution in [2.24, 2.45) is 0 Å². The number of likely N-dealkylation sites (tertiary alicyclic amines) is 1. The number of pyridine rings is 1. The Labute approximate surface area is 110 Å². The lowest BCUT2D eigenvalue weighted by Gasteiger charge is -2.20. The van der Waals surface area contributed by atoms with Crippen molar-refractivity contribution in [3.05, 3.63) is 22.6 Å². The predicted octanol–water partition coefficient (Wildman–Crippen LogP) is 3.12. The van der Waals surface area contributed by atoms with Crippen LogP contribution in [-0.4, -0.2) is 27.5 Å². The van der Waals surface area contributed by atoms with Crippen LogP contribution < -0.4 is 0 Å². The molecule has 18 heavy (non-hydrogen) atoms. The van der Waals surface area contributed by atoms with Crippen molar-refractivity contribution < 1.29 is 4.39 Å². The van der Waals surface area contributed by atoms with Crippen LogP contribution in [-0.2, 0) is 6.54 Å². The second kappa shape index (κ2) is 4.55.